The van der Waals surface area contributed by atoms with Crippen LogP contribution in [0.15, 0.2) is 24.3 Å². The molecule has 0 aliphatic heterocycles. The number of nitrogens with zero attached hydrogens (tertiary/aromatic N) is 1. The van der Waals surface area contributed by atoms with Crippen molar-refractivity contribution in [2.45, 2.75) is 0 Å². The van der Waals surface area contributed by atoms with Crippen LogP contribution in [-0.2, 0) is 0 Å². The average Bonchev–Trinajstić information content (AvgIpc) is 2.04. The average molecular weight is 166 g/mol. The van der Waals surface area contributed by atoms with Crippen LogP contribution in [0.25, 0.3) is 0 Å². The number of ether oxygens (including phenoxy) is 1. The van der Waals surface area contributed by atoms with E-state index in [4.69, 9.17) is 4.74 Å². The molecule has 0 bridgehead atoms. The Hall–Kier alpha value is -1.22. The van der Waals surface area contributed by atoms with Gasteiger partial charge in [-0.15, -0.1) is 0 Å². The summed E-state index contributed by atoms with van der Waals surface area (Å²) in [7, 11) is 5.54. The van der Waals surface area contributed by atoms with Gasteiger partial charge in [0.05, 0.1) is 12.8 Å². The van der Waals surface area contributed by atoms with E-state index in [-0.39, 0.29) is 0 Å². The van der Waals surface area contributed by atoms with Crippen molar-refractivity contribution in [3.63, 3.8) is 0 Å². The maximum Gasteiger partial charge on any atom is 0.143 e. The normalized spacial score (nSPS) is 10.0. The molecule has 1 aromatic carbocycles. The number of methoxy groups -OCH3 is 1. The van der Waals surface area contributed by atoms with Gasteiger partial charge in [-0.05, 0) is 12.1 Å². The Morgan fingerprint density at radius 1 is 1.25 bits per heavy atom. The van der Waals surface area contributed by atoms with Gasteiger partial charge in [0.15, 0.2) is 0 Å². The van der Waals surface area contributed by atoms with Crippen molar-refractivity contribution in [1.82, 2.24) is 5.01 Å². The van der Waals surface area contributed by atoms with Crippen molar-refractivity contribution in [3.8, 4) is 5.75 Å². The molecule has 0 saturated heterocycles. The Morgan fingerprint density at radius 2 is 1.92 bits per heavy atom. The summed E-state index contributed by atoms with van der Waals surface area (Å²) in [6.07, 6.45) is 0. The topological polar surface area (TPSA) is 24.5 Å². The van der Waals surface area contributed by atoms with Crippen molar-refractivity contribution < 1.29 is 4.74 Å². The summed E-state index contributed by atoms with van der Waals surface area (Å²) in [5.41, 5.74) is 4.11. The van der Waals surface area contributed by atoms with Crippen molar-refractivity contribution in [2.24, 2.45) is 0 Å². The van der Waals surface area contributed by atoms with E-state index >= 15 is 0 Å². The van der Waals surface area contributed by atoms with Crippen LogP contribution in [-0.4, -0.2) is 26.2 Å². The van der Waals surface area contributed by atoms with Gasteiger partial charge in [0.1, 0.15) is 5.75 Å². The van der Waals surface area contributed by atoms with Crippen LogP contribution in [0.5, 0.6) is 5.75 Å². The first-order valence-corrected chi connectivity index (χ1v) is 3.81. The molecule has 0 aliphatic rings. The van der Waals surface area contributed by atoms with Gasteiger partial charge in [-0.2, -0.15) is 0 Å². The molecule has 0 aromatic heterocycles. The van der Waals surface area contributed by atoms with Crippen LogP contribution >= 0.6 is 0 Å². The maximum absolute atomic E-state index is 5.16. The number of para-hydroxylation sites is 2. The molecule has 0 radical (unpaired) electrons. The molecule has 3 heteroatoms. The minimum atomic E-state index is 0.853. The predicted octanol–water partition coefficient (Wildman–Crippen LogP) is 1.58. The largest absolute Gasteiger partial charge is 0.495 e. The lowest BCUT2D eigenvalue weighted by molar-refractivity contribution is 0.410. The van der Waals surface area contributed by atoms with E-state index in [0.29, 0.717) is 0 Å². The molecule has 0 fully saturated rings. The van der Waals surface area contributed by atoms with E-state index in [1.165, 1.54) is 0 Å². The minimum absolute atomic E-state index is 0.853. The van der Waals surface area contributed by atoms with Crippen LogP contribution in [0.4, 0.5) is 5.69 Å². The molecule has 0 aliphatic carbocycles. The smallest absolute Gasteiger partial charge is 0.143 e. The third kappa shape index (κ3) is 2.13. The maximum atomic E-state index is 5.16. The lowest BCUT2D eigenvalue weighted by Crippen LogP contribution is -2.19. The molecule has 0 atom stereocenters. The van der Waals surface area contributed by atoms with E-state index in [2.05, 4.69) is 5.43 Å². The summed E-state index contributed by atoms with van der Waals surface area (Å²) >= 11 is 0. The number of nitrogens with one attached hydrogen (secondary N) is 1. The molecule has 0 heterocycles. The lowest BCUT2D eigenvalue weighted by atomic mass is 10.3. The van der Waals surface area contributed by atoms with Crippen LogP contribution in [0.1, 0.15) is 0 Å². The van der Waals surface area contributed by atoms with Crippen LogP contribution < -0.4 is 10.2 Å². The third-order valence-electron chi connectivity index (χ3n) is 1.45. The zero-order chi connectivity index (χ0) is 8.97. The molecule has 66 valence electrons. The monoisotopic (exact) mass is 166 g/mol. The molecule has 12 heavy (non-hydrogen) atoms. The second-order valence-corrected chi connectivity index (χ2v) is 2.71. The molecule has 1 aromatic rings. The van der Waals surface area contributed by atoms with Crippen LogP contribution in [0.2, 0.25) is 0 Å². The molecule has 0 amide bonds. The number of hydrogen-bond donors (Lipinski definition) is 1. The zero-order valence-corrected chi connectivity index (χ0v) is 7.66. The SMILES string of the molecule is COc1ccccc1NN(C)C. The highest BCUT2D eigenvalue weighted by molar-refractivity contribution is 5.55. The molecule has 1 N–H and O–H groups in total. The first kappa shape index (κ1) is 8.87. The van der Waals surface area contributed by atoms with Gasteiger partial charge in [-0.3, -0.25) is 0 Å². The second-order valence-electron chi connectivity index (χ2n) is 2.71. The molecule has 0 saturated carbocycles. The Morgan fingerprint density at radius 3 is 2.50 bits per heavy atom. The number of rotatable bonds is 3. The Labute approximate surface area is 72.9 Å². The number of anilines is 1. The van der Waals surface area contributed by atoms with E-state index < -0.39 is 0 Å². The number of hydrogen-bond acceptors (Lipinski definition) is 3. The number of benzene rings is 1. The Kier molecular flexibility index (Phi) is 2.94. The number of hydrazine groups is 1. The first-order valence-electron chi connectivity index (χ1n) is 3.81. The summed E-state index contributed by atoms with van der Waals surface area (Å²) in [6.45, 7) is 0. The summed E-state index contributed by atoms with van der Waals surface area (Å²) in [4.78, 5) is 0. The van der Waals surface area contributed by atoms with Crippen molar-refractivity contribution in [1.29, 1.82) is 0 Å². The molecule has 1 rings (SSSR count). The summed E-state index contributed by atoms with van der Waals surface area (Å²) < 4.78 is 5.16. The molecular weight excluding hydrogens is 152 g/mol. The Bertz CT molecular complexity index is 248. The third-order valence-corrected chi connectivity index (χ3v) is 1.45. The summed E-state index contributed by atoms with van der Waals surface area (Å²) in [5.74, 6) is 0.853. The molecule has 3 nitrogen and oxygen atoms in total. The molecular formula is C9H14N2O. The van der Waals surface area contributed by atoms with E-state index in [9.17, 15) is 0 Å². The first-order chi connectivity index (χ1) is 5.74. The standard InChI is InChI=1S/C9H14N2O/c1-11(2)10-8-6-4-5-7-9(8)12-3/h4-7,10H,1-3H3. The fourth-order valence-corrected chi connectivity index (χ4v) is 0.978. The van der Waals surface area contributed by atoms with Crippen molar-refractivity contribution >= 4 is 5.69 Å². The van der Waals surface area contributed by atoms with Gasteiger partial charge < -0.3 is 10.2 Å². The van der Waals surface area contributed by atoms with E-state index in [0.717, 1.165) is 11.4 Å². The van der Waals surface area contributed by atoms with E-state index in [1.807, 2.05) is 43.4 Å². The van der Waals surface area contributed by atoms with Gasteiger partial charge in [-0.25, -0.2) is 5.01 Å². The zero-order valence-electron chi connectivity index (χ0n) is 7.66. The van der Waals surface area contributed by atoms with Crippen LogP contribution in [0.3, 0.4) is 0 Å². The molecule has 0 unspecified atom stereocenters. The van der Waals surface area contributed by atoms with Gasteiger partial charge in [0, 0.05) is 14.1 Å². The van der Waals surface area contributed by atoms with Crippen LogP contribution in [0, 0.1) is 0 Å². The quantitative estimate of drug-likeness (QED) is 0.690. The van der Waals surface area contributed by atoms with E-state index in [1.54, 1.807) is 7.11 Å². The van der Waals surface area contributed by atoms with Gasteiger partial charge in [0.2, 0.25) is 0 Å². The fraction of sp³-hybridized carbons (Fsp3) is 0.333. The molecule has 0 spiro atoms. The van der Waals surface area contributed by atoms with Crippen molar-refractivity contribution in [3.05, 3.63) is 24.3 Å². The summed E-state index contributed by atoms with van der Waals surface area (Å²) in [5, 5.41) is 1.87. The highest BCUT2D eigenvalue weighted by atomic mass is 16.5. The summed E-state index contributed by atoms with van der Waals surface area (Å²) in [6, 6.07) is 7.80. The minimum Gasteiger partial charge on any atom is -0.495 e. The fourth-order valence-electron chi connectivity index (χ4n) is 0.978. The van der Waals surface area contributed by atoms with Gasteiger partial charge in [0.25, 0.3) is 0 Å². The highest BCUT2D eigenvalue weighted by Crippen LogP contribution is 2.22. The lowest BCUT2D eigenvalue weighted by Gasteiger charge is -2.15. The second kappa shape index (κ2) is 3.97. The Balaban J connectivity index is 2.82. The highest BCUT2D eigenvalue weighted by Gasteiger charge is 1.99. The van der Waals surface area contributed by atoms with Crippen molar-refractivity contribution in [2.75, 3.05) is 26.6 Å². The van der Waals surface area contributed by atoms with Gasteiger partial charge in [-0.1, -0.05) is 12.1 Å². The predicted molar refractivity (Wildman–Crippen MR) is 50.3 cm³/mol. The van der Waals surface area contributed by atoms with Gasteiger partial charge >= 0.3 is 0 Å².